The van der Waals surface area contributed by atoms with E-state index in [9.17, 15) is 9.18 Å². The fourth-order valence-electron chi connectivity index (χ4n) is 1.60. The van der Waals surface area contributed by atoms with E-state index >= 15 is 0 Å². The van der Waals surface area contributed by atoms with E-state index in [1.807, 2.05) is 12.1 Å². The molecule has 2 aromatic rings. The van der Waals surface area contributed by atoms with Gasteiger partial charge < -0.3 is 10.1 Å². The van der Waals surface area contributed by atoms with Crippen molar-refractivity contribution in [3.05, 3.63) is 57.8 Å². The quantitative estimate of drug-likeness (QED) is 0.848. The van der Waals surface area contributed by atoms with Gasteiger partial charge in [-0.25, -0.2) is 4.39 Å². The number of carbonyl (C=O) groups excluding carboxylic acids is 1. The molecule has 3 nitrogen and oxygen atoms in total. The second kappa shape index (κ2) is 6.91. The van der Waals surface area contributed by atoms with Crippen LogP contribution in [0.1, 0.15) is 6.92 Å². The average molecular weight is 373 g/mol. The summed E-state index contributed by atoms with van der Waals surface area (Å²) >= 11 is 9.17. The summed E-state index contributed by atoms with van der Waals surface area (Å²) in [5.74, 6) is -0.255. The van der Waals surface area contributed by atoms with Crippen molar-refractivity contribution in [3.8, 4) is 5.75 Å². The van der Waals surface area contributed by atoms with Gasteiger partial charge in [0.2, 0.25) is 0 Å². The predicted molar refractivity (Wildman–Crippen MR) is 84.3 cm³/mol. The summed E-state index contributed by atoms with van der Waals surface area (Å²) in [6.07, 6.45) is -0.715. The highest BCUT2D eigenvalue weighted by molar-refractivity contribution is 9.10. The highest BCUT2D eigenvalue weighted by Crippen LogP contribution is 2.23. The molecule has 2 rings (SSSR count). The largest absolute Gasteiger partial charge is 0.481 e. The zero-order valence-corrected chi connectivity index (χ0v) is 13.4. The number of hydrogen-bond donors (Lipinski definition) is 1. The first-order valence-electron chi connectivity index (χ1n) is 6.14. The van der Waals surface area contributed by atoms with Crippen LogP contribution in [0.5, 0.6) is 5.75 Å². The smallest absolute Gasteiger partial charge is 0.265 e. The Morgan fingerprint density at radius 3 is 2.57 bits per heavy atom. The summed E-state index contributed by atoms with van der Waals surface area (Å²) < 4.78 is 19.4. The maximum atomic E-state index is 12.9. The van der Waals surface area contributed by atoms with Crippen molar-refractivity contribution in [2.24, 2.45) is 0 Å². The Kier molecular flexibility index (Phi) is 5.20. The molecule has 0 saturated carbocycles. The topological polar surface area (TPSA) is 38.3 Å². The predicted octanol–water partition coefficient (Wildman–Crippen LogP) is 4.65. The van der Waals surface area contributed by atoms with Gasteiger partial charge in [-0.3, -0.25) is 4.79 Å². The molecule has 0 heterocycles. The molecule has 0 aliphatic heterocycles. The minimum absolute atomic E-state index is 0.138. The van der Waals surface area contributed by atoms with Gasteiger partial charge >= 0.3 is 0 Å². The first-order chi connectivity index (χ1) is 9.95. The highest BCUT2D eigenvalue weighted by atomic mass is 79.9. The monoisotopic (exact) mass is 371 g/mol. The second-order valence-corrected chi connectivity index (χ2v) is 5.65. The van der Waals surface area contributed by atoms with Gasteiger partial charge in [-0.05, 0) is 49.4 Å². The van der Waals surface area contributed by atoms with E-state index in [0.29, 0.717) is 11.4 Å². The molecule has 0 bridgehead atoms. The third-order valence-corrected chi connectivity index (χ3v) is 3.53. The molecule has 110 valence electrons. The molecule has 0 saturated heterocycles. The van der Waals surface area contributed by atoms with Crippen molar-refractivity contribution in [3.63, 3.8) is 0 Å². The molecule has 0 aliphatic carbocycles. The van der Waals surface area contributed by atoms with Gasteiger partial charge in [-0.2, -0.15) is 0 Å². The van der Waals surface area contributed by atoms with Crippen LogP contribution in [0.25, 0.3) is 0 Å². The first kappa shape index (κ1) is 15.8. The van der Waals surface area contributed by atoms with Crippen LogP contribution < -0.4 is 10.1 Å². The summed E-state index contributed by atoms with van der Waals surface area (Å²) in [5, 5.41) is 2.74. The molecule has 0 aromatic heterocycles. The Morgan fingerprint density at radius 2 is 1.95 bits per heavy atom. The van der Waals surface area contributed by atoms with Crippen LogP contribution in [0.4, 0.5) is 10.1 Å². The standard InChI is InChI=1S/C15H12BrClFNO2/c1-9(21-12-5-2-10(16)3-6-12)15(20)19-14-7-4-11(18)8-13(14)17/h2-9H,1H3,(H,19,20)/t9-/m1/s1. The van der Waals surface area contributed by atoms with E-state index < -0.39 is 11.9 Å². The van der Waals surface area contributed by atoms with E-state index in [4.69, 9.17) is 16.3 Å². The number of hydrogen-bond acceptors (Lipinski definition) is 2. The van der Waals surface area contributed by atoms with Gasteiger partial charge in [0.05, 0.1) is 10.7 Å². The van der Waals surface area contributed by atoms with Gasteiger partial charge in [0.25, 0.3) is 5.91 Å². The Hall–Kier alpha value is -1.59. The fourth-order valence-corrected chi connectivity index (χ4v) is 2.07. The van der Waals surface area contributed by atoms with Crippen molar-refractivity contribution in [2.45, 2.75) is 13.0 Å². The number of halogens is 3. The van der Waals surface area contributed by atoms with Crippen LogP contribution in [0, 0.1) is 5.82 Å². The highest BCUT2D eigenvalue weighted by Gasteiger charge is 2.16. The summed E-state index contributed by atoms with van der Waals surface area (Å²) in [7, 11) is 0. The molecule has 1 N–H and O–H groups in total. The Labute approximate surface area is 135 Å². The minimum atomic E-state index is -0.715. The molecule has 21 heavy (non-hydrogen) atoms. The van der Waals surface area contributed by atoms with Crippen LogP contribution in [0.15, 0.2) is 46.9 Å². The Balaban J connectivity index is 2.00. The normalized spacial score (nSPS) is 11.8. The molecular weight excluding hydrogens is 361 g/mol. The number of benzene rings is 2. The second-order valence-electron chi connectivity index (χ2n) is 4.33. The zero-order chi connectivity index (χ0) is 15.4. The van der Waals surface area contributed by atoms with Crippen LogP contribution in [-0.4, -0.2) is 12.0 Å². The van der Waals surface area contributed by atoms with E-state index in [2.05, 4.69) is 21.2 Å². The van der Waals surface area contributed by atoms with Crippen LogP contribution in [0.2, 0.25) is 5.02 Å². The van der Waals surface area contributed by atoms with Gasteiger partial charge in [0.1, 0.15) is 11.6 Å². The number of carbonyl (C=O) groups is 1. The van der Waals surface area contributed by atoms with Crippen LogP contribution in [-0.2, 0) is 4.79 Å². The molecule has 0 radical (unpaired) electrons. The van der Waals surface area contributed by atoms with Gasteiger partial charge in [-0.1, -0.05) is 27.5 Å². The SMILES string of the molecule is C[C@@H](Oc1ccc(Br)cc1)C(=O)Nc1ccc(F)cc1Cl. The summed E-state index contributed by atoms with van der Waals surface area (Å²) in [5.41, 5.74) is 0.342. The third-order valence-electron chi connectivity index (χ3n) is 2.68. The fraction of sp³-hybridized carbons (Fsp3) is 0.133. The van der Waals surface area contributed by atoms with E-state index in [-0.39, 0.29) is 10.9 Å². The van der Waals surface area contributed by atoms with E-state index in [1.165, 1.54) is 12.1 Å². The van der Waals surface area contributed by atoms with E-state index in [0.717, 1.165) is 10.5 Å². The van der Waals surface area contributed by atoms with Crippen molar-refractivity contribution >= 4 is 39.1 Å². The van der Waals surface area contributed by atoms with Gasteiger partial charge in [0.15, 0.2) is 6.10 Å². The molecule has 0 unspecified atom stereocenters. The number of rotatable bonds is 4. The third kappa shape index (κ3) is 4.44. The number of nitrogens with one attached hydrogen (secondary N) is 1. The van der Waals surface area contributed by atoms with Crippen molar-refractivity contribution in [2.75, 3.05) is 5.32 Å². The summed E-state index contributed by atoms with van der Waals surface area (Å²) in [4.78, 5) is 12.0. The molecule has 1 atom stereocenters. The van der Waals surface area contributed by atoms with Gasteiger partial charge in [0, 0.05) is 4.47 Å². The zero-order valence-electron chi connectivity index (χ0n) is 11.1. The maximum absolute atomic E-state index is 12.9. The van der Waals surface area contributed by atoms with Gasteiger partial charge in [-0.15, -0.1) is 0 Å². The van der Waals surface area contributed by atoms with Crippen molar-refractivity contribution < 1.29 is 13.9 Å². The van der Waals surface area contributed by atoms with Crippen molar-refractivity contribution in [1.29, 1.82) is 0 Å². The number of anilines is 1. The maximum Gasteiger partial charge on any atom is 0.265 e. The Morgan fingerprint density at radius 1 is 1.29 bits per heavy atom. The summed E-state index contributed by atoms with van der Waals surface area (Å²) in [6.45, 7) is 1.62. The lowest BCUT2D eigenvalue weighted by atomic mass is 10.3. The van der Waals surface area contributed by atoms with Crippen molar-refractivity contribution in [1.82, 2.24) is 0 Å². The molecule has 0 fully saturated rings. The average Bonchev–Trinajstić information content (AvgIpc) is 2.44. The molecule has 0 spiro atoms. The minimum Gasteiger partial charge on any atom is -0.481 e. The lowest BCUT2D eigenvalue weighted by molar-refractivity contribution is -0.122. The first-order valence-corrected chi connectivity index (χ1v) is 7.31. The van der Waals surface area contributed by atoms with Crippen LogP contribution in [0.3, 0.4) is 0 Å². The summed E-state index contributed by atoms with van der Waals surface area (Å²) in [6, 6.07) is 10.9. The lowest BCUT2D eigenvalue weighted by Crippen LogP contribution is -2.30. The van der Waals surface area contributed by atoms with Crippen LogP contribution >= 0.6 is 27.5 Å². The molecule has 1 amide bonds. The molecule has 2 aromatic carbocycles. The van der Waals surface area contributed by atoms with E-state index in [1.54, 1.807) is 19.1 Å². The Bertz CT molecular complexity index is 649. The number of ether oxygens (including phenoxy) is 1. The molecule has 0 aliphatic rings. The lowest BCUT2D eigenvalue weighted by Gasteiger charge is -2.15. The molecule has 6 heteroatoms. The number of amides is 1. The molecular formula is C15H12BrClFNO2.